The molecule has 0 fully saturated rings. The van der Waals surface area contributed by atoms with Crippen LogP contribution < -0.4 is 19.6 Å². The summed E-state index contributed by atoms with van der Waals surface area (Å²) >= 11 is 1.16. The van der Waals surface area contributed by atoms with E-state index in [0.29, 0.717) is 43.9 Å². The van der Waals surface area contributed by atoms with Crippen molar-refractivity contribution in [1.29, 1.82) is 0 Å². The molecule has 1 aliphatic heterocycles. The molecule has 1 aliphatic rings. The number of ether oxygens (including phenoxy) is 2. The Morgan fingerprint density at radius 3 is 2.71 bits per heavy atom. The molecule has 4 heterocycles. The van der Waals surface area contributed by atoms with Crippen LogP contribution in [0.1, 0.15) is 17.7 Å². The maximum absolute atomic E-state index is 12.9. The summed E-state index contributed by atoms with van der Waals surface area (Å²) in [6, 6.07) is 16.9. The summed E-state index contributed by atoms with van der Waals surface area (Å²) in [5, 5.41) is 15.6. The third-order valence-corrected chi connectivity index (χ3v) is 6.22. The molecule has 1 unspecified atom stereocenters. The van der Waals surface area contributed by atoms with Gasteiger partial charge in [-0.3, -0.25) is 14.9 Å². The van der Waals surface area contributed by atoms with Gasteiger partial charge >= 0.3 is 0 Å². The summed E-state index contributed by atoms with van der Waals surface area (Å²) in [6.07, 6.45) is 1.04. The van der Waals surface area contributed by atoms with Gasteiger partial charge in [0.1, 0.15) is 22.7 Å². The molecule has 11 heteroatoms. The van der Waals surface area contributed by atoms with E-state index in [2.05, 4.69) is 10.1 Å². The number of nitro benzene ring substituents is 1. The van der Waals surface area contributed by atoms with Crippen molar-refractivity contribution >= 4 is 28.1 Å². The second-order valence-corrected chi connectivity index (χ2v) is 8.43. The van der Waals surface area contributed by atoms with Crippen molar-refractivity contribution in [2.24, 2.45) is 0 Å². The van der Waals surface area contributed by atoms with Crippen molar-refractivity contribution < 1.29 is 18.8 Å². The number of fused-ring (bicyclic) bond motifs is 2. The second kappa shape index (κ2) is 7.81. The normalized spacial score (nSPS) is 15.6. The Kier molecular flexibility index (Phi) is 4.62. The maximum Gasteiger partial charge on any atom is 0.291 e. The average molecular weight is 474 g/mol. The van der Waals surface area contributed by atoms with Crippen molar-refractivity contribution in [2.75, 3.05) is 6.61 Å². The Morgan fingerprint density at radius 2 is 1.88 bits per heavy atom. The second-order valence-electron chi connectivity index (χ2n) is 7.42. The highest BCUT2D eigenvalue weighted by atomic mass is 32.1. The summed E-state index contributed by atoms with van der Waals surface area (Å²) in [6.45, 7) is 0.239. The minimum Gasteiger partial charge on any atom is -0.485 e. The molecule has 0 bridgehead atoms. The first-order valence-electron chi connectivity index (χ1n) is 10.2. The van der Waals surface area contributed by atoms with Crippen LogP contribution in [0.2, 0.25) is 0 Å². The fourth-order valence-corrected chi connectivity index (χ4v) is 4.57. The van der Waals surface area contributed by atoms with Gasteiger partial charge in [-0.05, 0) is 30.3 Å². The number of nitrogens with zero attached hydrogens (tertiary/aromatic N) is 4. The molecule has 0 amide bonds. The molecule has 34 heavy (non-hydrogen) atoms. The fraction of sp³-hybridized carbons (Fsp3) is 0.0870. The SMILES string of the molecule is O=c1/c(=C\c2ccc(-c3ccccc3[N+](=O)[O-])o2)sc2nc(C3COc4ccccc4O3)nn12. The molecule has 0 saturated carbocycles. The van der Waals surface area contributed by atoms with Crippen molar-refractivity contribution in [3.05, 3.63) is 97.2 Å². The van der Waals surface area contributed by atoms with E-state index >= 15 is 0 Å². The zero-order chi connectivity index (χ0) is 23.2. The summed E-state index contributed by atoms with van der Waals surface area (Å²) in [7, 11) is 0. The van der Waals surface area contributed by atoms with E-state index in [0.717, 1.165) is 11.3 Å². The van der Waals surface area contributed by atoms with E-state index in [1.54, 1.807) is 42.5 Å². The fourth-order valence-electron chi connectivity index (χ4n) is 3.68. The predicted molar refractivity (Wildman–Crippen MR) is 122 cm³/mol. The molecule has 0 saturated heterocycles. The highest BCUT2D eigenvalue weighted by Gasteiger charge is 2.27. The standard InChI is InChI=1S/C23H14N4O6S/c28-22-20(11-13-9-10-16(32-13)14-5-1-2-6-15(14)27(29)30)34-23-24-21(25-26(22)23)19-12-31-17-7-3-4-8-18(17)33-19/h1-11,19H,12H2/b20-11+. The number of thiazole rings is 1. The number of hydrogen-bond donors (Lipinski definition) is 0. The monoisotopic (exact) mass is 474 g/mol. The van der Waals surface area contributed by atoms with Gasteiger partial charge in [-0.25, -0.2) is 0 Å². The van der Waals surface area contributed by atoms with Crippen molar-refractivity contribution in [1.82, 2.24) is 14.6 Å². The number of aromatic nitrogens is 3. The summed E-state index contributed by atoms with van der Waals surface area (Å²) in [5.41, 5.74) is -0.0478. The van der Waals surface area contributed by atoms with Crippen LogP contribution in [-0.4, -0.2) is 26.1 Å². The van der Waals surface area contributed by atoms with Gasteiger partial charge in [-0.2, -0.15) is 9.50 Å². The van der Waals surface area contributed by atoms with Gasteiger partial charge in [0, 0.05) is 12.1 Å². The zero-order valence-corrected chi connectivity index (χ0v) is 18.1. The topological polar surface area (TPSA) is 122 Å². The summed E-state index contributed by atoms with van der Waals surface area (Å²) < 4.78 is 19.0. The van der Waals surface area contributed by atoms with Gasteiger partial charge < -0.3 is 13.9 Å². The third-order valence-electron chi connectivity index (χ3n) is 5.26. The quantitative estimate of drug-likeness (QED) is 0.287. The Balaban J connectivity index is 1.31. The van der Waals surface area contributed by atoms with Crippen LogP contribution >= 0.6 is 11.3 Å². The molecule has 2 aromatic carbocycles. The smallest absolute Gasteiger partial charge is 0.291 e. The highest BCUT2D eigenvalue weighted by molar-refractivity contribution is 7.15. The number of rotatable bonds is 4. The molecule has 0 radical (unpaired) electrons. The maximum atomic E-state index is 12.9. The molecule has 3 aromatic heterocycles. The van der Waals surface area contributed by atoms with Crippen molar-refractivity contribution in [3.8, 4) is 22.8 Å². The molecule has 1 atom stereocenters. The van der Waals surface area contributed by atoms with E-state index in [4.69, 9.17) is 13.9 Å². The van der Waals surface area contributed by atoms with Gasteiger partial charge in [0.2, 0.25) is 4.96 Å². The largest absolute Gasteiger partial charge is 0.485 e. The molecule has 0 aliphatic carbocycles. The number of nitro groups is 1. The average Bonchev–Trinajstić information content (AvgIpc) is 3.56. The number of para-hydroxylation sites is 3. The zero-order valence-electron chi connectivity index (χ0n) is 17.3. The lowest BCUT2D eigenvalue weighted by molar-refractivity contribution is -0.384. The lowest BCUT2D eigenvalue weighted by atomic mass is 10.1. The minimum absolute atomic E-state index is 0.0595. The van der Waals surface area contributed by atoms with Gasteiger partial charge in [0.05, 0.1) is 10.5 Å². The van der Waals surface area contributed by atoms with E-state index in [9.17, 15) is 14.9 Å². The number of hydrogen-bond acceptors (Lipinski definition) is 9. The van der Waals surface area contributed by atoms with Crippen molar-refractivity contribution in [2.45, 2.75) is 6.10 Å². The predicted octanol–water partition coefficient (Wildman–Crippen LogP) is 3.38. The molecule has 6 rings (SSSR count). The van der Waals surface area contributed by atoms with Gasteiger partial charge in [0.25, 0.3) is 11.2 Å². The molecule has 168 valence electrons. The Hall–Kier alpha value is -4.51. The molecule has 10 nitrogen and oxygen atoms in total. The van der Waals surface area contributed by atoms with Gasteiger partial charge in [0.15, 0.2) is 23.4 Å². The van der Waals surface area contributed by atoms with E-state index in [-0.39, 0.29) is 17.9 Å². The first-order valence-corrected chi connectivity index (χ1v) is 11.0. The first kappa shape index (κ1) is 20.1. The van der Waals surface area contributed by atoms with Crippen LogP contribution in [0.5, 0.6) is 11.5 Å². The molecular formula is C23H14N4O6S. The Labute approximate surface area is 194 Å². The van der Waals surface area contributed by atoms with Crippen LogP contribution in [0.4, 0.5) is 5.69 Å². The summed E-state index contributed by atoms with van der Waals surface area (Å²) in [4.78, 5) is 28.6. The van der Waals surface area contributed by atoms with E-state index < -0.39 is 11.0 Å². The van der Waals surface area contributed by atoms with E-state index in [1.165, 1.54) is 10.6 Å². The van der Waals surface area contributed by atoms with Gasteiger partial charge in [-0.1, -0.05) is 35.6 Å². The van der Waals surface area contributed by atoms with Crippen LogP contribution in [0.3, 0.4) is 0 Å². The molecule has 5 aromatic rings. The van der Waals surface area contributed by atoms with Crippen molar-refractivity contribution in [3.63, 3.8) is 0 Å². The first-order chi connectivity index (χ1) is 16.6. The third kappa shape index (κ3) is 3.39. The number of furan rings is 1. The highest BCUT2D eigenvalue weighted by Crippen LogP contribution is 2.35. The van der Waals surface area contributed by atoms with Crippen LogP contribution in [0.15, 0.2) is 69.9 Å². The lowest BCUT2D eigenvalue weighted by Crippen LogP contribution is -2.26. The lowest BCUT2D eigenvalue weighted by Gasteiger charge is -2.24. The summed E-state index contributed by atoms with van der Waals surface area (Å²) in [5.74, 6) is 2.33. The Bertz CT molecular complexity index is 1670. The molecular weight excluding hydrogens is 460 g/mol. The van der Waals surface area contributed by atoms with E-state index in [1.807, 2.05) is 18.2 Å². The number of benzene rings is 2. The Morgan fingerprint density at radius 1 is 1.09 bits per heavy atom. The van der Waals surface area contributed by atoms with Gasteiger partial charge in [-0.15, -0.1) is 5.10 Å². The van der Waals surface area contributed by atoms with Crippen LogP contribution in [0, 0.1) is 10.1 Å². The minimum atomic E-state index is -0.525. The molecule has 0 spiro atoms. The molecule has 0 N–H and O–H groups in total. The van der Waals surface area contributed by atoms with Crippen LogP contribution in [0.25, 0.3) is 22.4 Å². The van der Waals surface area contributed by atoms with Crippen LogP contribution in [-0.2, 0) is 0 Å².